The van der Waals surface area contributed by atoms with Crippen LogP contribution in [0.15, 0.2) is 29.3 Å². The second kappa shape index (κ2) is 11.6. The second-order valence-corrected chi connectivity index (χ2v) is 6.76. The minimum Gasteiger partial charge on any atom is -0.492 e. The van der Waals surface area contributed by atoms with Gasteiger partial charge in [0.1, 0.15) is 12.4 Å². The first-order valence-electron chi connectivity index (χ1n) is 8.89. The molecule has 1 aromatic rings. The zero-order valence-electron chi connectivity index (χ0n) is 16.1. The number of hydrogen-bond donors (Lipinski definition) is 0. The van der Waals surface area contributed by atoms with Crippen LogP contribution < -0.4 is 4.74 Å². The van der Waals surface area contributed by atoms with E-state index >= 15 is 0 Å². The van der Waals surface area contributed by atoms with Gasteiger partial charge in [0.05, 0.1) is 0 Å². The van der Waals surface area contributed by atoms with Crippen LogP contribution in [0.25, 0.3) is 0 Å². The maximum absolute atomic E-state index is 5.85. The van der Waals surface area contributed by atoms with Gasteiger partial charge >= 0.3 is 0 Å². The van der Waals surface area contributed by atoms with E-state index in [1.54, 1.807) is 0 Å². The minimum absolute atomic E-state index is 0. The molecule has 25 heavy (non-hydrogen) atoms. The van der Waals surface area contributed by atoms with Crippen LogP contribution >= 0.6 is 24.0 Å². The number of aliphatic imine (C=N–C) groups is 1. The number of benzene rings is 1. The maximum atomic E-state index is 5.85. The number of likely N-dealkylation sites (tertiary alicyclic amines) is 1. The van der Waals surface area contributed by atoms with Crippen LogP contribution in [0.3, 0.4) is 0 Å². The molecule has 1 aliphatic rings. The number of ether oxygens (including phenoxy) is 1. The van der Waals surface area contributed by atoms with Crippen LogP contribution in [0.5, 0.6) is 5.75 Å². The van der Waals surface area contributed by atoms with E-state index in [0.717, 1.165) is 37.8 Å². The molecule has 5 nitrogen and oxygen atoms in total. The third-order valence-corrected chi connectivity index (χ3v) is 4.25. The molecule has 1 saturated heterocycles. The molecule has 0 saturated carbocycles. The molecule has 0 spiro atoms. The molecule has 0 bridgehead atoms. The van der Waals surface area contributed by atoms with Gasteiger partial charge in [-0.2, -0.15) is 0 Å². The average molecular weight is 460 g/mol. The summed E-state index contributed by atoms with van der Waals surface area (Å²) in [5.41, 5.74) is 1.29. The largest absolute Gasteiger partial charge is 0.492 e. The van der Waals surface area contributed by atoms with Crippen LogP contribution in [0.1, 0.15) is 18.4 Å². The maximum Gasteiger partial charge on any atom is 0.195 e. The van der Waals surface area contributed by atoms with Crippen LogP contribution in [0, 0.1) is 0 Å². The summed E-state index contributed by atoms with van der Waals surface area (Å²) in [7, 11) is 8.08. The fourth-order valence-electron chi connectivity index (χ4n) is 3.02. The summed E-state index contributed by atoms with van der Waals surface area (Å²) in [6, 6.07) is 8.43. The van der Waals surface area contributed by atoms with Crippen molar-refractivity contribution in [3.8, 4) is 5.75 Å². The van der Waals surface area contributed by atoms with Crippen molar-refractivity contribution in [3.05, 3.63) is 29.8 Å². The predicted octanol–water partition coefficient (Wildman–Crippen LogP) is 2.80. The number of nitrogens with zero attached hydrogens (tertiary/aromatic N) is 4. The summed E-state index contributed by atoms with van der Waals surface area (Å²) in [4.78, 5) is 11.2. The lowest BCUT2D eigenvalue weighted by atomic mass is 10.1. The molecule has 0 atom stereocenters. The number of guanidine groups is 1. The van der Waals surface area contributed by atoms with Crippen molar-refractivity contribution in [2.24, 2.45) is 4.99 Å². The van der Waals surface area contributed by atoms with Gasteiger partial charge in [-0.3, -0.25) is 9.89 Å². The minimum atomic E-state index is 0. The Kier molecular flexibility index (Phi) is 10.2. The van der Waals surface area contributed by atoms with Crippen molar-refractivity contribution < 1.29 is 4.74 Å². The first-order valence-corrected chi connectivity index (χ1v) is 8.89. The van der Waals surface area contributed by atoms with E-state index in [2.05, 4.69) is 34.2 Å². The van der Waals surface area contributed by atoms with E-state index in [1.165, 1.54) is 31.5 Å². The molecule has 6 heteroatoms. The number of hydrogen-bond acceptors (Lipinski definition) is 3. The van der Waals surface area contributed by atoms with Crippen molar-refractivity contribution >= 4 is 29.9 Å². The van der Waals surface area contributed by atoms with Gasteiger partial charge in [-0.15, -0.1) is 24.0 Å². The molecule has 0 radical (unpaired) electrons. The smallest absolute Gasteiger partial charge is 0.195 e. The highest BCUT2D eigenvalue weighted by molar-refractivity contribution is 14.0. The van der Waals surface area contributed by atoms with E-state index in [1.807, 2.05) is 38.0 Å². The average Bonchev–Trinajstić information content (AvgIpc) is 3.05. The normalized spacial score (nSPS) is 13.9. The van der Waals surface area contributed by atoms with E-state index in [4.69, 9.17) is 4.74 Å². The Morgan fingerprint density at radius 2 is 1.64 bits per heavy atom. The van der Waals surface area contributed by atoms with E-state index in [0.29, 0.717) is 0 Å². The van der Waals surface area contributed by atoms with Gasteiger partial charge in [0.15, 0.2) is 5.96 Å². The standard InChI is InChI=1S/C19H32N4O.HI/c1-21(2)19(22(3)4)20-12-11-17-7-9-18(10-8-17)24-16-15-23-13-5-6-14-23;/h7-10H,5-6,11-16H2,1-4H3;1H. The zero-order valence-corrected chi connectivity index (χ0v) is 18.4. The van der Waals surface area contributed by atoms with Crippen LogP contribution in [-0.2, 0) is 6.42 Å². The quantitative estimate of drug-likeness (QED) is 0.356. The zero-order chi connectivity index (χ0) is 17.4. The molecular formula is C19H33IN4O. The summed E-state index contributed by atoms with van der Waals surface area (Å²) in [5.74, 6) is 1.96. The Bertz CT molecular complexity index is 501. The highest BCUT2D eigenvalue weighted by Crippen LogP contribution is 2.13. The summed E-state index contributed by atoms with van der Waals surface area (Å²) in [6.07, 6.45) is 3.61. The Labute approximate surface area is 170 Å². The van der Waals surface area contributed by atoms with Gasteiger partial charge in [0, 0.05) is 41.3 Å². The van der Waals surface area contributed by atoms with Gasteiger partial charge < -0.3 is 14.5 Å². The lowest BCUT2D eigenvalue weighted by molar-refractivity contribution is 0.238. The van der Waals surface area contributed by atoms with Crippen molar-refractivity contribution in [1.29, 1.82) is 0 Å². The molecular weight excluding hydrogens is 427 g/mol. The summed E-state index contributed by atoms with van der Waals surface area (Å²) < 4.78 is 5.85. The van der Waals surface area contributed by atoms with Crippen LogP contribution in [-0.4, -0.2) is 81.6 Å². The molecule has 0 aliphatic carbocycles. The molecule has 1 fully saturated rings. The Morgan fingerprint density at radius 3 is 2.20 bits per heavy atom. The van der Waals surface area contributed by atoms with Gasteiger partial charge in [-0.05, 0) is 50.0 Å². The van der Waals surface area contributed by atoms with Crippen molar-refractivity contribution in [2.75, 3.05) is 61.0 Å². The van der Waals surface area contributed by atoms with Crippen molar-refractivity contribution in [1.82, 2.24) is 14.7 Å². The third-order valence-electron chi connectivity index (χ3n) is 4.25. The van der Waals surface area contributed by atoms with E-state index in [-0.39, 0.29) is 24.0 Å². The fourth-order valence-corrected chi connectivity index (χ4v) is 3.02. The molecule has 2 rings (SSSR count). The van der Waals surface area contributed by atoms with Crippen LogP contribution in [0.2, 0.25) is 0 Å². The van der Waals surface area contributed by atoms with Gasteiger partial charge in [-0.25, -0.2) is 0 Å². The summed E-state index contributed by atoms with van der Waals surface area (Å²) in [5, 5.41) is 0. The predicted molar refractivity (Wildman–Crippen MR) is 116 cm³/mol. The molecule has 0 amide bonds. The summed E-state index contributed by atoms with van der Waals surface area (Å²) >= 11 is 0. The monoisotopic (exact) mass is 460 g/mol. The first-order chi connectivity index (χ1) is 11.6. The Morgan fingerprint density at radius 1 is 1.04 bits per heavy atom. The van der Waals surface area contributed by atoms with E-state index in [9.17, 15) is 0 Å². The lowest BCUT2D eigenvalue weighted by Crippen LogP contribution is -2.35. The molecule has 1 aromatic carbocycles. The van der Waals surface area contributed by atoms with Crippen molar-refractivity contribution in [3.63, 3.8) is 0 Å². The molecule has 1 aliphatic heterocycles. The van der Waals surface area contributed by atoms with Gasteiger partial charge in [0.2, 0.25) is 0 Å². The molecule has 0 unspecified atom stereocenters. The SMILES string of the molecule is CN(C)C(=NCCc1ccc(OCCN2CCCC2)cc1)N(C)C.I. The summed E-state index contributed by atoms with van der Waals surface area (Å²) in [6.45, 7) is 5.06. The van der Waals surface area contributed by atoms with Crippen LogP contribution in [0.4, 0.5) is 0 Å². The van der Waals surface area contributed by atoms with Crippen molar-refractivity contribution in [2.45, 2.75) is 19.3 Å². The number of rotatable bonds is 7. The highest BCUT2D eigenvalue weighted by atomic mass is 127. The molecule has 142 valence electrons. The molecule has 0 N–H and O–H groups in total. The Balaban J connectivity index is 0.00000312. The molecule has 0 aromatic heterocycles. The highest BCUT2D eigenvalue weighted by Gasteiger charge is 2.10. The second-order valence-electron chi connectivity index (χ2n) is 6.76. The fraction of sp³-hybridized carbons (Fsp3) is 0.632. The number of halogens is 1. The third kappa shape index (κ3) is 7.81. The topological polar surface area (TPSA) is 31.3 Å². The first kappa shape index (κ1) is 22.0. The van der Waals surface area contributed by atoms with Gasteiger partial charge in [0.25, 0.3) is 0 Å². The lowest BCUT2D eigenvalue weighted by Gasteiger charge is -2.22. The van der Waals surface area contributed by atoms with E-state index < -0.39 is 0 Å². The molecule has 1 heterocycles. The van der Waals surface area contributed by atoms with Gasteiger partial charge in [-0.1, -0.05) is 12.1 Å². The Hall–Kier alpha value is -1.02.